The van der Waals surface area contributed by atoms with Crippen LogP contribution in [-0.2, 0) is 19.1 Å². The molecule has 7 atom stereocenters. The number of aliphatic hydroxyl groups is 1. The van der Waals surface area contributed by atoms with Crippen LogP contribution in [0.1, 0.15) is 58.9 Å². The number of ketones is 1. The molecule has 2 saturated heterocycles. The highest BCUT2D eigenvalue weighted by atomic mass is 16.6. The van der Waals surface area contributed by atoms with Gasteiger partial charge in [0.15, 0.2) is 5.78 Å². The van der Waals surface area contributed by atoms with E-state index in [-0.39, 0.29) is 41.5 Å². The molecule has 0 aromatic heterocycles. The number of esters is 1. The van der Waals surface area contributed by atoms with E-state index >= 15 is 0 Å². The Morgan fingerprint density at radius 1 is 1.25 bits per heavy atom. The number of ether oxygens (including phenoxy) is 2. The fourth-order valence-electron chi connectivity index (χ4n) is 6.77. The fourth-order valence-corrected chi connectivity index (χ4v) is 6.77. The number of hydrogen-bond acceptors (Lipinski definition) is 5. The van der Waals surface area contributed by atoms with Crippen LogP contribution in [0.4, 0.5) is 0 Å². The van der Waals surface area contributed by atoms with Gasteiger partial charge < -0.3 is 14.6 Å². The average molecular weight is 441 g/mol. The largest absolute Gasteiger partial charge is 0.456 e. The van der Waals surface area contributed by atoms with E-state index < -0.39 is 17.8 Å². The van der Waals surface area contributed by atoms with Gasteiger partial charge in [0.2, 0.25) is 0 Å². The van der Waals surface area contributed by atoms with Crippen LogP contribution in [-0.4, -0.2) is 40.8 Å². The standard InChI is InChI=1S/C27H36O5/c1-17(2)27-15-20(14-21(29)16-28)26(4,32-27)22-12-10-18(3)24(22)25(27)31-23(30)13-11-19-8-6-5-7-9-19/h5-9,11,13,17-18,20,22,24-25,28H,10,12,14-16H2,1-4H3/b13-11+. The molecule has 0 radical (unpaired) electrons. The van der Waals surface area contributed by atoms with Crippen molar-refractivity contribution in [1.29, 1.82) is 0 Å². The minimum atomic E-state index is -0.620. The summed E-state index contributed by atoms with van der Waals surface area (Å²) in [5.74, 6) is 0.516. The molecule has 2 heterocycles. The molecule has 5 nitrogen and oxygen atoms in total. The molecule has 174 valence electrons. The Morgan fingerprint density at radius 2 is 1.97 bits per heavy atom. The molecular weight excluding hydrogens is 404 g/mol. The summed E-state index contributed by atoms with van der Waals surface area (Å²) in [6.07, 6.45) is 6.00. The van der Waals surface area contributed by atoms with E-state index in [0.717, 1.165) is 18.4 Å². The summed E-state index contributed by atoms with van der Waals surface area (Å²) in [7, 11) is 0. The van der Waals surface area contributed by atoms with E-state index in [4.69, 9.17) is 9.47 Å². The Bertz CT molecular complexity index is 877. The van der Waals surface area contributed by atoms with Crippen molar-refractivity contribution in [2.45, 2.75) is 70.7 Å². The van der Waals surface area contributed by atoms with Gasteiger partial charge in [0.05, 0.1) is 5.60 Å². The zero-order valence-corrected chi connectivity index (χ0v) is 19.6. The maximum absolute atomic E-state index is 13.0. The molecule has 0 spiro atoms. The minimum Gasteiger partial charge on any atom is -0.456 e. The Morgan fingerprint density at radius 3 is 2.62 bits per heavy atom. The zero-order chi connectivity index (χ0) is 23.1. The molecule has 2 aliphatic heterocycles. The third kappa shape index (κ3) is 3.84. The van der Waals surface area contributed by atoms with Gasteiger partial charge in [-0.25, -0.2) is 4.79 Å². The summed E-state index contributed by atoms with van der Waals surface area (Å²) in [4.78, 5) is 25.2. The van der Waals surface area contributed by atoms with Crippen molar-refractivity contribution in [1.82, 2.24) is 0 Å². The molecule has 1 saturated carbocycles. The summed E-state index contributed by atoms with van der Waals surface area (Å²) in [6.45, 7) is 8.21. The summed E-state index contributed by atoms with van der Waals surface area (Å²) in [6, 6.07) is 9.71. The van der Waals surface area contributed by atoms with Gasteiger partial charge in [0.25, 0.3) is 0 Å². The first kappa shape index (κ1) is 23.2. The van der Waals surface area contributed by atoms with Gasteiger partial charge in [-0.3, -0.25) is 4.79 Å². The molecule has 4 rings (SSSR count). The van der Waals surface area contributed by atoms with Crippen LogP contribution in [0.15, 0.2) is 36.4 Å². The Hall–Kier alpha value is -1.98. The first-order chi connectivity index (χ1) is 15.2. The molecule has 3 fully saturated rings. The Kier molecular flexibility index (Phi) is 6.34. The van der Waals surface area contributed by atoms with Crippen molar-refractivity contribution in [2.24, 2.45) is 29.6 Å². The monoisotopic (exact) mass is 440 g/mol. The molecule has 5 heteroatoms. The number of carbonyl (C=O) groups is 2. The number of fused-ring (bicyclic) bond motifs is 4. The van der Waals surface area contributed by atoms with Gasteiger partial charge in [-0.2, -0.15) is 0 Å². The first-order valence-corrected chi connectivity index (χ1v) is 12.0. The third-order valence-electron chi connectivity index (χ3n) is 8.49. The van der Waals surface area contributed by atoms with E-state index in [9.17, 15) is 14.7 Å². The fraction of sp³-hybridized carbons (Fsp3) is 0.630. The van der Waals surface area contributed by atoms with Crippen LogP contribution in [0, 0.1) is 29.6 Å². The smallest absolute Gasteiger partial charge is 0.331 e. The van der Waals surface area contributed by atoms with Crippen molar-refractivity contribution in [3.05, 3.63) is 42.0 Å². The number of rotatable bonds is 7. The van der Waals surface area contributed by atoms with E-state index in [1.807, 2.05) is 30.3 Å². The number of aliphatic hydroxyl groups excluding tert-OH is 1. The quantitative estimate of drug-likeness (QED) is 0.502. The minimum absolute atomic E-state index is 0.0194. The molecule has 0 amide bonds. The lowest BCUT2D eigenvalue weighted by atomic mass is 9.69. The molecule has 1 aromatic rings. The summed E-state index contributed by atoms with van der Waals surface area (Å²) < 4.78 is 13.1. The highest BCUT2D eigenvalue weighted by Crippen LogP contribution is 2.65. The van der Waals surface area contributed by atoms with E-state index in [1.54, 1.807) is 6.08 Å². The van der Waals surface area contributed by atoms with Crippen molar-refractivity contribution in [3.63, 3.8) is 0 Å². The highest BCUT2D eigenvalue weighted by Gasteiger charge is 2.70. The number of hydrogen-bond donors (Lipinski definition) is 1. The summed E-state index contributed by atoms with van der Waals surface area (Å²) in [5, 5.41) is 9.38. The van der Waals surface area contributed by atoms with Gasteiger partial charge in [-0.1, -0.05) is 51.1 Å². The second-order valence-corrected chi connectivity index (χ2v) is 10.5. The predicted molar refractivity (Wildman–Crippen MR) is 123 cm³/mol. The van der Waals surface area contributed by atoms with Crippen molar-refractivity contribution < 1.29 is 24.2 Å². The molecule has 1 aromatic carbocycles. The van der Waals surface area contributed by atoms with Crippen LogP contribution in [0.25, 0.3) is 6.08 Å². The molecule has 1 aliphatic carbocycles. The SMILES string of the molecule is CC1CCC2C1C(OC(=O)/C=C/c1ccccc1)C1(C(C)C)CC(CC(=O)CO)C2(C)O1. The van der Waals surface area contributed by atoms with Crippen LogP contribution in [0.2, 0.25) is 0 Å². The van der Waals surface area contributed by atoms with E-state index in [0.29, 0.717) is 18.8 Å². The molecule has 32 heavy (non-hydrogen) atoms. The highest BCUT2D eigenvalue weighted by molar-refractivity contribution is 5.87. The van der Waals surface area contributed by atoms with Crippen LogP contribution in [0.5, 0.6) is 0 Å². The molecule has 7 unspecified atom stereocenters. The van der Waals surface area contributed by atoms with Gasteiger partial charge in [-0.15, -0.1) is 0 Å². The summed E-state index contributed by atoms with van der Waals surface area (Å²) in [5.41, 5.74) is -0.107. The maximum Gasteiger partial charge on any atom is 0.331 e. The normalized spacial score (nSPS) is 38.2. The Labute approximate surface area is 191 Å². The number of benzene rings is 1. The van der Waals surface area contributed by atoms with Crippen LogP contribution in [0.3, 0.4) is 0 Å². The molecule has 3 aliphatic rings. The van der Waals surface area contributed by atoms with Gasteiger partial charge in [0, 0.05) is 18.4 Å². The van der Waals surface area contributed by atoms with E-state index in [2.05, 4.69) is 27.7 Å². The van der Waals surface area contributed by atoms with Gasteiger partial charge >= 0.3 is 5.97 Å². The lowest BCUT2D eigenvalue weighted by Gasteiger charge is -2.53. The lowest BCUT2D eigenvalue weighted by molar-refractivity contribution is -0.261. The van der Waals surface area contributed by atoms with Crippen molar-refractivity contribution in [2.75, 3.05) is 6.61 Å². The second-order valence-electron chi connectivity index (χ2n) is 10.5. The first-order valence-electron chi connectivity index (χ1n) is 12.0. The maximum atomic E-state index is 13.0. The number of carbonyl (C=O) groups excluding carboxylic acids is 2. The van der Waals surface area contributed by atoms with Crippen LogP contribution < -0.4 is 0 Å². The molecule has 2 bridgehead atoms. The van der Waals surface area contributed by atoms with Gasteiger partial charge in [-0.05, 0) is 61.5 Å². The molecular formula is C27H36O5. The van der Waals surface area contributed by atoms with Crippen molar-refractivity contribution >= 4 is 17.8 Å². The predicted octanol–water partition coefficient (Wildman–Crippen LogP) is 4.43. The van der Waals surface area contributed by atoms with Crippen molar-refractivity contribution in [3.8, 4) is 0 Å². The topological polar surface area (TPSA) is 72.8 Å². The Balaban J connectivity index is 1.65. The third-order valence-corrected chi connectivity index (χ3v) is 8.49. The van der Waals surface area contributed by atoms with Gasteiger partial charge in [0.1, 0.15) is 18.3 Å². The average Bonchev–Trinajstić information content (AvgIpc) is 3.28. The number of Topliss-reactive ketones (excluding diaryl/α,β-unsaturated/α-hetero) is 1. The second kappa shape index (κ2) is 8.75. The zero-order valence-electron chi connectivity index (χ0n) is 19.6. The van der Waals surface area contributed by atoms with Crippen LogP contribution >= 0.6 is 0 Å². The lowest BCUT2D eigenvalue weighted by Crippen LogP contribution is -2.62. The summed E-state index contributed by atoms with van der Waals surface area (Å²) >= 11 is 0. The van der Waals surface area contributed by atoms with E-state index in [1.165, 1.54) is 6.08 Å². The molecule has 1 N–H and O–H groups in total.